The maximum Gasteiger partial charge on any atom is 0.191 e. The number of nitrogens with one attached hydrogen (secondary N) is 2. The Bertz CT molecular complexity index is 294. The van der Waals surface area contributed by atoms with E-state index in [1.807, 2.05) is 18.2 Å². The molecule has 68 valence electrons. The molecule has 1 aromatic heterocycles. The van der Waals surface area contributed by atoms with Gasteiger partial charge in [0.1, 0.15) is 0 Å². The molecule has 0 saturated carbocycles. The second kappa shape index (κ2) is 3.89. The molecule has 0 bridgehead atoms. The first-order valence-electron chi connectivity index (χ1n) is 4.37. The van der Waals surface area contributed by atoms with Crippen LogP contribution in [-0.2, 0) is 6.54 Å². The SMILES string of the molecule is c1ccc(CNC2=NCCN2)nc1. The summed E-state index contributed by atoms with van der Waals surface area (Å²) in [6, 6.07) is 5.88. The third-order valence-corrected chi connectivity index (χ3v) is 1.84. The molecule has 13 heavy (non-hydrogen) atoms. The van der Waals surface area contributed by atoms with Crippen LogP contribution in [0.5, 0.6) is 0 Å². The second-order valence-electron chi connectivity index (χ2n) is 2.83. The van der Waals surface area contributed by atoms with Gasteiger partial charge in [0.25, 0.3) is 0 Å². The average Bonchev–Trinajstić information content (AvgIpc) is 2.69. The van der Waals surface area contributed by atoms with Crippen molar-refractivity contribution in [1.82, 2.24) is 15.6 Å². The molecule has 2 rings (SSSR count). The highest BCUT2D eigenvalue weighted by Crippen LogP contribution is 1.92. The highest BCUT2D eigenvalue weighted by molar-refractivity contribution is 5.81. The molecule has 0 aliphatic carbocycles. The molecular weight excluding hydrogens is 164 g/mol. The summed E-state index contributed by atoms with van der Waals surface area (Å²) in [5.74, 6) is 0.880. The molecule has 1 aromatic rings. The molecule has 2 heterocycles. The van der Waals surface area contributed by atoms with Gasteiger partial charge < -0.3 is 10.6 Å². The first kappa shape index (κ1) is 8.04. The van der Waals surface area contributed by atoms with Gasteiger partial charge in [0.05, 0.1) is 18.8 Å². The summed E-state index contributed by atoms with van der Waals surface area (Å²) < 4.78 is 0. The summed E-state index contributed by atoms with van der Waals surface area (Å²) >= 11 is 0. The van der Waals surface area contributed by atoms with E-state index < -0.39 is 0 Å². The van der Waals surface area contributed by atoms with E-state index >= 15 is 0 Å². The van der Waals surface area contributed by atoms with E-state index in [4.69, 9.17) is 0 Å². The topological polar surface area (TPSA) is 49.3 Å². The summed E-state index contributed by atoms with van der Waals surface area (Å²) in [5, 5.41) is 6.31. The lowest BCUT2D eigenvalue weighted by atomic mass is 10.3. The van der Waals surface area contributed by atoms with Crippen LogP contribution in [0.25, 0.3) is 0 Å². The van der Waals surface area contributed by atoms with Gasteiger partial charge in [-0.15, -0.1) is 0 Å². The molecule has 1 aliphatic heterocycles. The molecule has 0 fully saturated rings. The van der Waals surface area contributed by atoms with Gasteiger partial charge in [-0.3, -0.25) is 9.98 Å². The Labute approximate surface area is 77.1 Å². The largest absolute Gasteiger partial charge is 0.355 e. The Morgan fingerprint density at radius 1 is 1.46 bits per heavy atom. The fourth-order valence-corrected chi connectivity index (χ4v) is 1.19. The van der Waals surface area contributed by atoms with Gasteiger partial charge >= 0.3 is 0 Å². The van der Waals surface area contributed by atoms with Crippen molar-refractivity contribution in [2.24, 2.45) is 4.99 Å². The zero-order chi connectivity index (χ0) is 8.93. The molecule has 0 saturated heterocycles. The van der Waals surface area contributed by atoms with Crippen molar-refractivity contribution in [3.05, 3.63) is 30.1 Å². The molecule has 0 amide bonds. The number of hydrogen-bond acceptors (Lipinski definition) is 4. The van der Waals surface area contributed by atoms with E-state index in [9.17, 15) is 0 Å². The van der Waals surface area contributed by atoms with E-state index in [2.05, 4.69) is 20.6 Å². The van der Waals surface area contributed by atoms with Crippen LogP contribution in [-0.4, -0.2) is 24.0 Å². The minimum Gasteiger partial charge on any atom is -0.355 e. The average molecular weight is 176 g/mol. The van der Waals surface area contributed by atoms with Crippen LogP contribution in [0, 0.1) is 0 Å². The lowest BCUT2D eigenvalue weighted by molar-refractivity contribution is 0.840. The molecule has 0 aromatic carbocycles. The number of hydrogen-bond donors (Lipinski definition) is 2. The Morgan fingerprint density at radius 2 is 2.46 bits per heavy atom. The Kier molecular flexibility index (Phi) is 2.40. The van der Waals surface area contributed by atoms with Crippen molar-refractivity contribution in [3.63, 3.8) is 0 Å². The van der Waals surface area contributed by atoms with Crippen LogP contribution in [0.15, 0.2) is 29.4 Å². The van der Waals surface area contributed by atoms with Gasteiger partial charge in [-0.25, -0.2) is 0 Å². The first-order valence-corrected chi connectivity index (χ1v) is 4.37. The molecule has 1 aliphatic rings. The number of pyridine rings is 1. The summed E-state index contributed by atoms with van der Waals surface area (Å²) in [6.45, 7) is 2.53. The predicted octanol–water partition coefficient (Wildman–Crippen LogP) is 0.130. The van der Waals surface area contributed by atoms with Crippen molar-refractivity contribution >= 4 is 5.96 Å². The standard InChI is InChI=1S/C9H12N4/c1-2-4-10-8(3-1)7-13-9-11-5-6-12-9/h1-4H,5-7H2,(H2,11,12,13). The van der Waals surface area contributed by atoms with Crippen molar-refractivity contribution in [2.75, 3.05) is 13.1 Å². The number of rotatable bonds is 2. The van der Waals surface area contributed by atoms with E-state index in [-0.39, 0.29) is 0 Å². The van der Waals surface area contributed by atoms with Crippen molar-refractivity contribution < 1.29 is 0 Å². The van der Waals surface area contributed by atoms with Gasteiger partial charge in [0.2, 0.25) is 0 Å². The Hall–Kier alpha value is -1.58. The van der Waals surface area contributed by atoms with Gasteiger partial charge in [-0.1, -0.05) is 6.07 Å². The van der Waals surface area contributed by atoms with E-state index in [1.165, 1.54) is 0 Å². The molecule has 4 nitrogen and oxygen atoms in total. The van der Waals surface area contributed by atoms with Crippen LogP contribution in [0.4, 0.5) is 0 Å². The molecule has 0 spiro atoms. The highest BCUT2D eigenvalue weighted by Gasteiger charge is 2.03. The van der Waals surface area contributed by atoms with Crippen molar-refractivity contribution in [3.8, 4) is 0 Å². The molecule has 4 heteroatoms. The van der Waals surface area contributed by atoms with Crippen molar-refractivity contribution in [1.29, 1.82) is 0 Å². The summed E-state index contributed by atoms with van der Waals surface area (Å²) in [7, 11) is 0. The monoisotopic (exact) mass is 176 g/mol. The summed E-state index contributed by atoms with van der Waals surface area (Å²) in [6.07, 6.45) is 1.79. The highest BCUT2D eigenvalue weighted by atomic mass is 15.2. The maximum atomic E-state index is 4.22. The summed E-state index contributed by atoms with van der Waals surface area (Å²) in [5.41, 5.74) is 1.03. The van der Waals surface area contributed by atoms with E-state index in [0.29, 0.717) is 0 Å². The quantitative estimate of drug-likeness (QED) is 0.673. The molecule has 0 atom stereocenters. The Morgan fingerprint density at radius 3 is 3.15 bits per heavy atom. The van der Waals surface area contributed by atoms with Crippen LogP contribution in [0.2, 0.25) is 0 Å². The number of aromatic nitrogens is 1. The smallest absolute Gasteiger partial charge is 0.191 e. The van der Waals surface area contributed by atoms with Crippen LogP contribution >= 0.6 is 0 Å². The molecule has 2 N–H and O–H groups in total. The number of guanidine groups is 1. The molecule has 0 radical (unpaired) electrons. The van der Waals surface area contributed by atoms with E-state index in [0.717, 1.165) is 31.3 Å². The third kappa shape index (κ3) is 2.18. The van der Waals surface area contributed by atoms with Gasteiger partial charge in [0, 0.05) is 12.7 Å². The normalized spacial score (nSPS) is 14.9. The van der Waals surface area contributed by atoms with Crippen molar-refractivity contribution in [2.45, 2.75) is 6.54 Å². The van der Waals surface area contributed by atoms with Gasteiger partial charge in [-0.05, 0) is 12.1 Å². The second-order valence-corrected chi connectivity index (χ2v) is 2.83. The Balaban J connectivity index is 1.86. The maximum absolute atomic E-state index is 4.22. The first-order chi connectivity index (χ1) is 6.45. The van der Waals surface area contributed by atoms with Crippen LogP contribution < -0.4 is 10.6 Å². The number of aliphatic imine (C=N–C) groups is 1. The third-order valence-electron chi connectivity index (χ3n) is 1.84. The van der Waals surface area contributed by atoms with Crippen LogP contribution in [0.1, 0.15) is 5.69 Å². The predicted molar refractivity (Wildman–Crippen MR) is 51.4 cm³/mol. The zero-order valence-corrected chi connectivity index (χ0v) is 7.33. The lowest BCUT2D eigenvalue weighted by Gasteiger charge is -2.04. The fraction of sp³-hybridized carbons (Fsp3) is 0.333. The van der Waals surface area contributed by atoms with Gasteiger partial charge in [0.15, 0.2) is 5.96 Å². The van der Waals surface area contributed by atoms with E-state index in [1.54, 1.807) is 6.20 Å². The fourth-order valence-electron chi connectivity index (χ4n) is 1.19. The zero-order valence-electron chi connectivity index (χ0n) is 7.33. The number of nitrogens with zero attached hydrogens (tertiary/aromatic N) is 2. The lowest BCUT2D eigenvalue weighted by Crippen LogP contribution is -2.33. The minimum atomic E-state index is 0.729. The molecule has 0 unspecified atom stereocenters. The van der Waals surface area contributed by atoms with Crippen LogP contribution in [0.3, 0.4) is 0 Å². The van der Waals surface area contributed by atoms with Gasteiger partial charge in [-0.2, -0.15) is 0 Å². The molecular formula is C9H12N4. The minimum absolute atomic E-state index is 0.729. The summed E-state index contributed by atoms with van der Waals surface area (Å²) in [4.78, 5) is 8.41.